The Morgan fingerprint density at radius 1 is 0.602 bits per heavy atom. The highest BCUT2D eigenvalue weighted by molar-refractivity contribution is 7.80. The van der Waals surface area contributed by atoms with Gasteiger partial charge < -0.3 is 25.0 Å². The Bertz CT molecular complexity index is 2900. The molecule has 4 fully saturated rings. The van der Waals surface area contributed by atoms with Crippen molar-refractivity contribution >= 4 is 24.6 Å². The van der Waals surface area contributed by atoms with Crippen molar-refractivity contribution in [1.29, 1.82) is 0 Å². The van der Waals surface area contributed by atoms with Crippen molar-refractivity contribution in [1.82, 2.24) is 5.32 Å². The number of carbonyl (C=O) groups is 2. The second-order valence-corrected chi connectivity index (χ2v) is 21.8. The number of hydrogen-bond donors (Lipinski definition) is 4. The van der Waals surface area contributed by atoms with E-state index in [1.807, 2.05) is 6.08 Å². The highest BCUT2D eigenvalue weighted by Gasteiger charge is 2.48. The van der Waals surface area contributed by atoms with Crippen LogP contribution in [0.2, 0.25) is 0 Å². The third-order valence-corrected chi connectivity index (χ3v) is 16.1. The van der Waals surface area contributed by atoms with E-state index in [2.05, 4.69) is 24.5 Å². The largest absolute Gasteiger partial charge is 0.481 e. The molecule has 83 heavy (non-hydrogen) atoms. The molecule has 3 N–H and O–H groups in total. The minimum Gasteiger partial charge on any atom is -0.481 e. The molecule has 11 atom stereocenters. The molecule has 5 aromatic carbocycles. The van der Waals surface area contributed by atoms with E-state index in [0.717, 1.165) is 87.5 Å². The van der Waals surface area contributed by atoms with Crippen LogP contribution in [-0.2, 0) is 39.0 Å². The molecule has 9 rings (SSSR count). The van der Waals surface area contributed by atoms with Gasteiger partial charge in [0.05, 0.1) is 52.2 Å². The molecule has 0 aromatic heterocycles. The first-order chi connectivity index (χ1) is 38.7. The number of hydrogen-bond acceptors (Lipinski definition) is 6. The molecule has 22 heteroatoms. The summed E-state index contributed by atoms with van der Waals surface area (Å²) in [5.74, 6) is -1.09. The van der Waals surface area contributed by atoms with Gasteiger partial charge in [-0.3, -0.25) is 4.79 Å². The van der Waals surface area contributed by atoms with Gasteiger partial charge in [0.1, 0.15) is 11.6 Å². The van der Waals surface area contributed by atoms with Crippen LogP contribution in [0.5, 0.6) is 0 Å². The third-order valence-electron chi connectivity index (χ3n) is 15.7. The molecule has 1 heterocycles. The van der Waals surface area contributed by atoms with Gasteiger partial charge in [0.15, 0.2) is 0 Å². The first-order valence-electron chi connectivity index (χ1n) is 26.7. The number of carboxylic acids is 2. The fourth-order valence-electron chi connectivity index (χ4n) is 12.0. The number of ether oxygens (including phenoxy) is 2. The van der Waals surface area contributed by atoms with Gasteiger partial charge in [0, 0.05) is 23.7 Å². The number of carboxylic acid groups (broad SMARTS) is 2. The lowest BCUT2D eigenvalue weighted by Crippen LogP contribution is -2.38. The molecular weight excluding hydrogens is 1140 g/mol. The number of allylic oxidation sites excluding steroid dienone is 1. The molecule has 5 aromatic rings. The van der Waals surface area contributed by atoms with Crippen LogP contribution < -0.4 is 5.32 Å². The van der Waals surface area contributed by atoms with E-state index in [4.69, 9.17) is 24.5 Å². The van der Waals surface area contributed by atoms with E-state index < -0.39 is 83.3 Å². The predicted octanol–water partition coefficient (Wildman–Crippen LogP) is 17.6. The van der Waals surface area contributed by atoms with E-state index in [1.54, 1.807) is 42.5 Å². The van der Waals surface area contributed by atoms with Crippen molar-refractivity contribution in [2.45, 2.75) is 132 Å². The summed E-state index contributed by atoms with van der Waals surface area (Å²) in [6.07, 6.45) is -14.8. The van der Waals surface area contributed by atoms with E-state index in [1.165, 1.54) is 44.2 Å². The van der Waals surface area contributed by atoms with E-state index in [0.29, 0.717) is 35.5 Å². The predicted molar refractivity (Wildman–Crippen MR) is 285 cm³/mol. The van der Waals surface area contributed by atoms with Crippen molar-refractivity contribution in [2.24, 2.45) is 29.6 Å². The maximum Gasteiger partial charge on any atom is 0.416 e. The molecule has 0 radical (unpaired) electrons. The van der Waals surface area contributed by atoms with Gasteiger partial charge in [-0.25, -0.2) is 13.6 Å². The first kappa shape index (κ1) is 66.2. The summed E-state index contributed by atoms with van der Waals surface area (Å²) in [7, 11) is 0. The van der Waals surface area contributed by atoms with Crippen molar-refractivity contribution < 1.29 is 90.7 Å². The van der Waals surface area contributed by atoms with Gasteiger partial charge >= 0.3 is 30.7 Å². The summed E-state index contributed by atoms with van der Waals surface area (Å²) in [5.41, 5.74) is -3.81. The number of rotatable bonds is 11. The summed E-state index contributed by atoms with van der Waals surface area (Å²) in [4.78, 5) is 19.9. The smallest absolute Gasteiger partial charge is 0.416 e. The molecule has 452 valence electrons. The number of thiol groups is 1. The highest BCUT2D eigenvalue weighted by atomic mass is 32.1. The summed E-state index contributed by atoms with van der Waals surface area (Å²) < 4.78 is 199. The van der Waals surface area contributed by atoms with Gasteiger partial charge in [-0.1, -0.05) is 42.5 Å². The zero-order valence-corrected chi connectivity index (χ0v) is 46.1. The molecule has 3 saturated carbocycles. The zero-order chi connectivity index (χ0) is 61.4. The molecule has 0 spiro atoms. The van der Waals surface area contributed by atoms with Crippen molar-refractivity contribution in [3.63, 3.8) is 0 Å². The van der Waals surface area contributed by atoms with Gasteiger partial charge in [0.25, 0.3) is 5.97 Å². The maximum atomic E-state index is 13.7. The Morgan fingerprint density at radius 3 is 1.37 bits per heavy atom. The van der Waals surface area contributed by atoms with Crippen LogP contribution in [0.15, 0.2) is 127 Å². The number of alkyl halides is 12. The molecule has 1 saturated heterocycles. The third kappa shape index (κ3) is 18.0. The summed E-state index contributed by atoms with van der Waals surface area (Å²) in [6.45, 7) is 9.44. The van der Waals surface area contributed by atoms with Gasteiger partial charge in [-0.2, -0.15) is 52.7 Å². The monoisotopic (exact) mass is 1200 g/mol. The summed E-state index contributed by atoms with van der Waals surface area (Å²) >= 11 is 3.96. The molecule has 7 nitrogen and oxygen atoms in total. The number of benzene rings is 5. The standard InChI is InChI=1S/C28H29F7O.C24H24F7NO.C7H6O2S.C2H4O2/c1-3-4-17-11-19-7-10-25(26(24(19)12-17)18-5-8-23(29)9-6-18)36-16(2)20-13-21(27(30,31)32)15-22(14-20)28(33,34)35;1-13(16-8-17(23(26,27)28)10-18(9-16)24(29,30)31)33-21-7-4-15-11-32-12-20(15)22(21)14-2-5-19(25)6-3-14;8-7(9)5-3-1-2-4-6(5)10;1-2(3)4/h3,5-6,8-9,13-17,19,24-26H,1,4,7,10-12H2,2H3;2-3,5-6,8-10,13,15,20-22,32H,4,7,11-12H2,1H3;1-4,10H,(H,8,9);1H3,(H,3,4)/t16-,17?,19-,24-,25+,26+;13-,15-,20-,21+,22+;;/m11../s1. The Balaban J connectivity index is 0.000000217. The van der Waals surface area contributed by atoms with Gasteiger partial charge in [-0.05, 0) is 197 Å². The lowest BCUT2D eigenvalue weighted by Gasteiger charge is -2.41. The number of nitrogens with one attached hydrogen (secondary N) is 1. The lowest BCUT2D eigenvalue weighted by atomic mass is 9.69. The van der Waals surface area contributed by atoms with Crippen LogP contribution >= 0.6 is 12.6 Å². The van der Waals surface area contributed by atoms with Crippen LogP contribution in [-0.4, -0.2) is 47.4 Å². The minimum atomic E-state index is -4.92. The van der Waals surface area contributed by atoms with E-state index >= 15 is 0 Å². The van der Waals surface area contributed by atoms with Crippen LogP contribution in [0.1, 0.15) is 145 Å². The molecule has 3 aliphatic carbocycles. The molecule has 1 aliphatic heterocycles. The number of aromatic carboxylic acids is 1. The van der Waals surface area contributed by atoms with Gasteiger partial charge in [0.2, 0.25) is 0 Å². The highest BCUT2D eigenvalue weighted by Crippen LogP contribution is 2.54. The lowest BCUT2D eigenvalue weighted by molar-refractivity contribution is -0.145. The van der Waals surface area contributed by atoms with E-state index in [9.17, 15) is 66.3 Å². The Labute approximate surface area is 476 Å². The van der Waals surface area contributed by atoms with Crippen LogP contribution in [0, 0.1) is 41.2 Å². The van der Waals surface area contributed by atoms with Crippen LogP contribution in [0.25, 0.3) is 0 Å². The fourth-order valence-corrected chi connectivity index (χ4v) is 12.3. The van der Waals surface area contributed by atoms with Crippen molar-refractivity contribution in [3.05, 3.63) is 184 Å². The van der Waals surface area contributed by atoms with Crippen molar-refractivity contribution in [2.75, 3.05) is 13.1 Å². The zero-order valence-electron chi connectivity index (χ0n) is 45.2. The Morgan fingerprint density at radius 2 is 1.00 bits per heavy atom. The van der Waals surface area contributed by atoms with E-state index in [-0.39, 0.29) is 64.1 Å². The maximum absolute atomic E-state index is 13.7. The molecule has 0 amide bonds. The molecular formula is C61H63F14NO6S. The second-order valence-electron chi connectivity index (χ2n) is 21.3. The first-order valence-corrected chi connectivity index (χ1v) is 27.1. The second kappa shape index (κ2) is 27.8. The quantitative estimate of drug-likeness (QED) is 0.0593. The minimum absolute atomic E-state index is 0.118. The average molecular weight is 1200 g/mol. The average Bonchev–Trinajstić information content (AvgIpc) is 3.22. The number of fused-ring (bicyclic) bond motifs is 2. The summed E-state index contributed by atoms with van der Waals surface area (Å²) in [5, 5.41) is 19.3. The Kier molecular flexibility index (Phi) is 22.2. The SMILES string of the molecule is C=CCC1C[C@H]2CC[C@H](O[C@H](C)c3cc(C(F)(F)F)cc(C(F)(F)F)c3)[C@@H](c3ccc(F)cc3)[C@@H]2C1.CC(=O)O.C[C@@H](O[C@H]1CC[C@@H]2CNC[C@H]2[C@@H]1c1ccc(F)cc1)c1cc(C(F)(F)F)cc(C(F)(F)F)c1.O=C(O)c1ccccc1S. The van der Waals surface area contributed by atoms with Crippen LogP contribution in [0.3, 0.4) is 0 Å². The normalized spacial score (nSPS) is 24.0. The molecule has 4 aliphatic rings. The molecule has 1 unspecified atom stereocenters. The fraction of sp³-hybridized carbons (Fsp3) is 0.443. The van der Waals surface area contributed by atoms with Crippen molar-refractivity contribution in [3.8, 4) is 0 Å². The topological polar surface area (TPSA) is 105 Å². The number of halogens is 14. The van der Waals surface area contributed by atoms with Crippen LogP contribution in [0.4, 0.5) is 61.5 Å². The number of aliphatic carboxylic acids is 1. The molecule has 0 bridgehead atoms. The summed E-state index contributed by atoms with van der Waals surface area (Å²) in [6, 6.07) is 21.9. The van der Waals surface area contributed by atoms with Gasteiger partial charge in [-0.15, -0.1) is 19.2 Å². The Hall–Kier alpha value is -5.97.